The highest BCUT2D eigenvalue weighted by Crippen LogP contribution is 2.25. The van der Waals surface area contributed by atoms with E-state index in [0.29, 0.717) is 19.5 Å². The number of nitrogens with zero attached hydrogens (tertiary/aromatic N) is 1. The number of aliphatic hydroxyl groups is 1. The molecule has 1 aromatic rings. The Kier molecular flexibility index (Phi) is 5.53. The zero-order chi connectivity index (χ0) is 17.2. The average Bonchev–Trinajstić information content (AvgIpc) is 2.91. The summed E-state index contributed by atoms with van der Waals surface area (Å²) in [6.07, 6.45) is 0.142. The van der Waals surface area contributed by atoms with Gasteiger partial charge in [0.2, 0.25) is 0 Å². The largest absolute Gasteiger partial charge is 0.444 e. The SMILES string of the molecule is CC(C)(C)OC(=O)N1CCC(C(O)Cc2ccc(F)c(Cl)c2)C1. The van der Waals surface area contributed by atoms with E-state index >= 15 is 0 Å². The van der Waals surface area contributed by atoms with Crippen LogP contribution in [0, 0.1) is 11.7 Å². The minimum Gasteiger partial charge on any atom is -0.444 e. The van der Waals surface area contributed by atoms with Crippen LogP contribution >= 0.6 is 11.6 Å². The van der Waals surface area contributed by atoms with E-state index in [1.54, 1.807) is 11.0 Å². The first kappa shape index (κ1) is 18.0. The maximum Gasteiger partial charge on any atom is 0.410 e. The maximum absolute atomic E-state index is 13.2. The molecule has 0 bridgehead atoms. The lowest BCUT2D eigenvalue weighted by molar-refractivity contribution is 0.0269. The summed E-state index contributed by atoms with van der Waals surface area (Å²) >= 11 is 5.76. The monoisotopic (exact) mass is 343 g/mol. The maximum atomic E-state index is 13.2. The number of likely N-dealkylation sites (tertiary alicyclic amines) is 1. The van der Waals surface area contributed by atoms with Crippen molar-refractivity contribution in [1.29, 1.82) is 0 Å². The van der Waals surface area contributed by atoms with Crippen molar-refractivity contribution in [2.75, 3.05) is 13.1 Å². The van der Waals surface area contributed by atoms with Gasteiger partial charge in [0.25, 0.3) is 0 Å². The van der Waals surface area contributed by atoms with Crippen LogP contribution in [0.5, 0.6) is 0 Å². The van der Waals surface area contributed by atoms with Gasteiger partial charge in [-0.05, 0) is 51.3 Å². The lowest BCUT2D eigenvalue weighted by atomic mass is 9.95. The van der Waals surface area contributed by atoms with Crippen molar-refractivity contribution in [3.8, 4) is 0 Å². The molecule has 6 heteroatoms. The number of amides is 1. The molecule has 2 unspecified atom stereocenters. The van der Waals surface area contributed by atoms with Gasteiger partial charge in [-0.15, -0.1) is 0 Å². The van der Waals surface area contributed by atoms with Crippen LogP contribution in [0.15, 0.2) is 18.2 Å². The van der Waals surface area contributed by atoms with Crippen LogP contribution in [0.4, 0.5) is 9.18 Å². The van der Waals surface area contributed by atoms with Crippen molar-refractivity contribution in [2.24, 2.45) is 5.92 Å². The topological polar surface area (TPSA) is 49.8 Å². The van der Waals surface area contributed by atoms with Gasteiger partial charge in [-0.3, -0.25) is 0 Å². The van der Waals surface area contributed by atoms with E-state index in [1.165, 1.54) is 12.1 Å². The molecule has 1 aliphatic heterocycles. The van der Waals surface area contributed by atoms with Crippen LogP contribution in [-0.4, -0.2) is 40.9 Å². The number of aliphatic hydroxyl groups excluding tert-OH is 1. The Balaban J connectivity index is 1.90. The van der Waals surface area contributed by atoms with Crippen molar-refractivity contribution in [1.82, 2.24) is 4.90 Å². The molecule has 0 radical (unpaired) electrons. The molecule has 0 saturated carbocycles. The second-order valence-electron chi connectivity index (χ2n) is 7.00. The first-order chi connectivity index (χ1) is 10.7. The lowest BCUT2D eigenvalue weighted by Gasteiger charge is -2.25. The van der Waals surface area contributed by atoms with Gasteiger partial charge in [-0.25, -0.2) is 9.18 Å². The Hall–Kier alpha value is -1.33. The third kappa shape index (κ3) is 5.08. The average molecular weight is 344 g/mol. The van der Waals surface area contributed by atoms with Gasteiger partial charge in [-0.2, -0.15) is 0 Å². The molecule has 1 aromatic carbocycles. The van der Waals surface area contributed by atoms with Crippen LogP contribution in [0.1, 0.15) is 32.8 Å². The summed E-state index contributed by atoms with van der Waals surface area (Å²) < 4.78 is 18.5. The predicted octanol–water partition coefficient (Wildman–Crippen LogP) is 3.64. The summed E-state index contributed by atoms with van der Waals surface area (Å²) in [5.41, 5.74) is 0.248. The van der Waals surface area contributed by atoms with E-state index in [0.717, 1.165) is 12.0 Å². The molecule has 128 valence electrons. The third-order valence-electron chi connectivity index (χ3n) is 3.85. The molecule has 2 rings (SSSR count). The zero-order valence-electron chi connectivity index (χ0n) is 13.7. The fourth-order valence-corrected chi connectivity index (χ4v) is 2.87. The molecule has 1 saturated heterocycles. The first-order valence-corrected chi connectivity index (χ1v) is 8.13. The van der Waals surface area contributed by atoms with Gasteiger partial charge in [0.1, 0.15) is 11.4 Å². The summed E-state index contributed by atoms with van der Waals surface area (Å²) in [6, 6.07) is 4.44. The van der Waals surface area contributed by atoms with Crippen LogP contribution in [0.2, 0.25) is 5.02 Å². The number of rotatable bonds is 3. The molecular weight excluding hydrogens is 321 g/mol. The van der Waals surface area contributed by atoms with E-state index < -0.39 is 17.5 Å². The van der Waals surface area contributed by atoms with E-state index in [1.807, 2.05) is 20.8 Å². The van der Waals surface area contributed by atoms with Crippen molar-refractivity contribution in [3.63, 3.8) is 0 Å². The molecule has 1 aliphatic rings. The lowest BCUT2D eigenvalue weighted by Crippen LogP contribution is -2.36. The van der Waals surface area contributed by atoms with E-state index in [9.17, 15) is 14.3 Å². The Morgan fingerprint density at radius 3 is 2.83 bits per heavy atom. The molecular formula is C17H23ClFNO3. The third-order valence-corrected chi connectivity index (χ3v) is 4.14. The Labute approximate surface area is 141 Å². The number of ether oxygens (including phenoxy) is 1. The summed E-state index contributed by atoms with van der Waals surface area (Å²) in [5, 5.41) is 10.4. The van der Waals surface area contributed by atoms with Gasteiger partial charge in [-0.1, -0.05) is 17.7 Å². The van der Waals surface area contributed by atoms with Gasteiger partial charge < -0.3 is 14.7 Å². The molecule has 0 aromatic heterocycles. The molecule has 23 heavy (non-hydrogen) atoms. The molecule has 1 N–H and O–H groups in total. The molecule has 1 fully saturated rings. The summed E-state index contributed by atoms with van der Waals surface area (Å²) in [5.74, 6) is -0.492. The van der Waals surface area contributed by atoms with Gasteiger partial charge >= 0.3 is 6.09 Å². The van der Waals surface area contributed by atoms with Gasteiger partial charge in [0.05, 0.1) is 11.1 Å². The highest BCUT2D eigenvalue weighted by atomic mass is 35.5. The van der Waals surface area contributed by atoms with Crippen molar-refractivity contribution >= 4 is 17.7 Å². The first-order valence-electron chi connectivity index (χ1n) is 7.75. The molecule has 0 spiro atoms. The smallest absolute Gasteiger partial charge is 0.410 e. The van der Waals surface area contributed by atoms with Crippen LogP contribution in [0.3, 0.4) is 0 Å². The Morgan fingerprint density at radius 1 is 1.52 bits per heavy atom. The second-order valence-corrected chi connectivity index (χ2v) is 7.40. The fraction of sp³-hybridized carbons (Fsp3) is 0.588. The molecule has 4 nitrogen and oxygen atoms in total. The number of halogens is 2. The number of benzene rings is 1. The summed E-state index contributed by atoms with van der Waals surface area (Å²) in [7, 11) is 0. The number of carbonyl (C=O) groups excluding carboxylic acids is 1. The highest BCUT2D eigenvalue weighted by Gasteiger charge is 2.33. The van der Waals surface area contributed by atoms with Crippen LogP contribution in [-0.2, 0) is 11.2 Å². The minimum atomic E-state index is -0.607. The number of carbonyl (C=O) groups is 1. The van der Waals surface area contributed by atoms with Crippen molar-refractivity contribution < 1.29 is 19.0 Å². The Bertz CT molecular complexity index is 573. The zero-order valence-corrected chi connectivity index (χ0v) is 14.4. The second kappa shape index (κ2) is 7.05. The number of hydrogen-bond donors (Lipinski definition) is 1. The van der Waals surface area contributed by atoms with Gasteiger partial charge in [0.15, 0.2) is 0 Å². The molecule has 1 heterocycles. The fourth-order valence-electron chi connectivity index (χ4n) is 2.67. The normalized spacial score (nSPS) is 19.7. The van der Waals surface area contributed by atoms with E-state index in [4.69, 9.17) is 16.3 Å². The number of hydrogen-bond acceptors (Lipinski definition) is 3. The van der Waals surface area contributed by atoms with E-state index in [-0.39, 0.29) is 17.0 Å². The molecule has 0 aliphatic carbocycles. The standard InChI is InChI=1S/C17H23ClFNO3/c1-17(2,3)23-16(22)20-7-6-12(10-20)15(21)9-11-4-5-14(19)13(18)8-11/h4-5,8,12,15,21H,6-7,9-10H2,1-3H3. The minimum absolute atomic E-state index is 0.0219. The van der Waals surface area contributed by atoms with Crippen molar-refractivity contribution in [3.05, 3.63) is 34.6 Å². The summed E-state index contributed by atoms with van der Waals surface area (Å²) in [6.45, 7) is 6.51. The quantitative estimate of drug-likeness (QED) is 0.911. The molecule has 2 atom stereocenters. The molecule has 1 amide bonds. The van der Waals surface area contributed by atoms with E-state index in [2.05, 4.69) is 0 Å². The van der Waals surface area contributed by atoms with Gasteiger partial charge in [0, 0.05) is 19.0 Å². The summed E-state index contributed by atoms with van der Waals surface area (Å²) in [4.78, 5) is 13.7. The van der Waals surface area contributed by atoms with Crippen molar-refractivity contribution in [2.45, 2.75) is 45.3 Å². The predicted molar refractivity (Wildman–Crippen MR) is 87.0 cm³/mol. The Morgan fingerprint density at radius 2 is 2.22 bits per heavy atom. The van der Waals surface area contributed by atoms with Crippen LogP contribution < -0.4 is 0 Å². The van der Waals surface area contributed by atoms with Crippen LogP contribution in [0.25, 0.3) is 0 Å². The highest BCUT2D eigenvalue weighted by molar-refractivity contribution is 6.30.